The van der Waals surface area contributed by atoms with Gasteiger partial charge in [-0.2, -0.15) is 13.2 Å². The van der Waals surface area contributed by atoms with Crippen molar-refractivity contribution in [2.24, 2.45) is 5.84 Å². The molecule has 1 aromatic rings. The van der Waals surface area contributed by atoms with Crippen molar-refractivity contribution < 1.29 is 18.3 Å². The second-order valence-corrected chi connectivity index (χ2v) is 4.50. The number of hydrogen-bond donors (Lipinski definition) is 3. The van der Waals surface area contributed by atoms with Crippen LogP contribution < -0.4 is 11.3 Å². The number of β-amino-alcohol motifs (C(OH)–C–C–N with tert-alkyl or cyclic N) is 1. The Labute approximate surface area is 108 Å². The number of nitrogens with one attached hydrogen (secondary N) is 1. The minimum Gasteiger partial charge on any atom is -0.392 e. The van der Waals surface area contributed by atoms with Gasteiger partial charge in [-0.25, -0.2) is 10.8 Å². The number of nitrogen functional groups attached to an aromatic ring is 1. The molecule has 1 aliphatic rings. The SMILES string of the molecule is NNc1ccc([C@H](N2CC[C@@H](O)C2)C(F)(F)F)cn1. The van der Waals surface area contributed by atoms with Crippen molar-refractivity contribution in [3.63, 3.8) is 0 Å². The summed E-state index contributed by atoms with van der Waals surface area (Å²) in [6, 6.07) is 0.981. The van der Waals surface area contributed by atoms with Crippen LogP contribution in [0.1, 0.15) is 18.0 Å². The van der Waals surface area contributed by atoms with E-state index in [0.29, 0.717) is 12.2 Å². The molecule has 19 heavy (non-hydrogen) atoms. The quantitative estimate of drug-likeness (QED) is 0.568. The van der Waals surface area contributed by atoms with Crippen molar-refractivity contribution in [3.8, 4) is 0 Å². The summed E-state index contributed by atoms with van der Waals surface area (Å²) in [5.41, 5.74) is 2.30. The van der Waals surface area contributed by atoms with Crippen LogP contribution in [0.4, 0.5) is 19.0 Å². The molecule has 0 aromatic carbocycles. The number of hydrazine groups is 1. The van der Waals surface area contributed by atoms with E-state index in [4.69, 9.17) is 5.84 Å². The molecule has 0 aliphatic carbocycles. The predicted molar refractivity (Wildman–Crippen MR) is 63.0 cm³/mol. The number of halogens is 3. The standard InChI is InChI=1S/C11H15F3N4O/c12-11(13,14)10(18-4-3-8(19)6-18)7-1-2-9(17-15)16-5-7/h1-2,5,8,10,19H,3-4,6,15H2,(H,16,17)/t8-,10+/m1/s1. The van der Waals surface area contributed by atoms with E-state index in [1.807, 2.05) is 0 Å². The fourth-order valence-electron chi connectivity index (χ4n) is 2.26. The minimum absolute atomic E-state index is 0.0149. The van der Waals surface area contributed by atoms with Crippen molar-refractivity contribution in [3.05, 3.63) is 23.9 Å². The maximum atomic E-state index is 13.2. The first-order chi connectivity index (χ1) is 8.91. The molecule has 2 atom stereocenters. The third kappa shape index (κ3) is 3.14. The molecule has 1 saturated heterocycles. The first-order valence-electron chi connectivity index (χ1n) is 5.83. The molecule has 5 nitrogen and oxygen atoms in total. The molecular weight excluding hydrogens is 261 g/mol. The molecule has 8 heteroatoms. The molecule has 4 N–H and O–H groups in total. The molecule has 0 saturated carbocycles. The Morgan fingerprint density at radius 2 is 2.21 bits per heavy atom. The average Bonchev–Trinajstić information content (AvgIpc) is 2.75. The summed E-state index contributed by atoms with van der Waals surface area (Å²) in [7, 11) is 0. The maximum Gasteiger partial charge on any atom is 0.408 e. The number of alkyl halides is 3. The zero-order valence-electron chi connectivity index (χ0n) is 10.1. The molecule has 1 fully saturated rings. The van der Waals surface area contributed by atoms with E-state index in [1.165, 1.54) is 17.0 Å². The molecule has 106 valence electrons. The van der Waals surface area contributed by atoms with Crippen LogP contribution >= 0.6 is 0 Å². The summed E-state index contributed by atoms with van der Waals surface area (Å²) >= 11 is 0. The van der Waals surface area contributed by atoms with Crippen molar-refractivity contribution in [1.29, 1.82) is 0 Å². The van der Waals surface area contributed by atoms with Gasteiger partial charge in [-0.05, 0) is 18.1 Å². The number of anilines is 1. The number of likely N-dealkylation sites (tertiary alicyclic amines) is 1. The Hall–Kier alpha value is -1.38. The summed E-state index contributed by atoms with van der Waals surface area (Å²) in [5.74, 6) is 5.42. The molecule has 1 aliphatic heterocycles. The lowest BCUT2D eigenvalue weighted by molar-refractivity contribution is -0.184. The van der Waals surface area contributed by atoms with Gasteiger partial charge in [0, 0.05) is 19.3 Å². The van der Waals surface area contributed by atoms with Crippen molar-refractivity contribution in [1.82, 2.24) is 9.88 Å². The van der Waals surface area contributed by atoms with E-state index in [-0.39, 0.29) is 18.7 Å². The van der Waals surface area contributed by atoms with Crippen LogP contribution in [0.2, 0.25) is 0 Å². The number of nitrogens with two attached hydrogens (primary N) is 1. The largest absolute Gasteiger partial charge is 0.408 e. The third-order valence-corrected chi connectivity index (χ3v) is 3.12. The third-order valence-electron chi connectivity index (χ3n) is 3.12. The number of aromatic nitrogens is 1. The lowest BCUT2D eigenvalue weighted by Gasteiger charge is -2.29. The van der Waals surface area contributed by atoms with Gasteiger partial charge in [0.25, 0.3) is 0 Å². The van der Waals surface area contributed by atoms with E-state index in [0.717, 1.165) is 6.20 Å². The van der Waals surface area contributed by atoms with Crippen molar-refractivity contribution in [2.45, 2.75) is 24.7 Å². The van der Waals surface area contributed by atoms with E-state index in [1.54, 1.807) is 0 Å². The number of pyridine rings is 1. The van der Waals surface area contributed by atoms with Gasteiger partial charge in [0.15, 0.2) is 0 Å². The second kappa shape index (κ2) is 5.32. The van der Waals surface area contributed by atoms with Gasteiger partial charge in [-0.15, -0.1) is 0 Å². The van der Waals surface area contributed by atoms with E-state index in [9.17, 15) is 18.3 Å². The maximum absolute atomic E-state index is 13.2. The highest BCUT2D eigenvalue weighted by atomic mass is 19.4. The first kappa shape index (κ1) is 14.0. The van der Waals surface area contributed by atoms with Gasteiger partial charge in [0.2, 0.25) is 0 Å². The number of hydrogen-bond acceptors (Lipinski definition) is 5. The van der Waals surface area contributed by atoms with Gasteiger partial charge >= 0.3 is 6.18 Å². The Morgan fingerprint density at radius 1 is 1.47 bits per heavy atom. The van der Waals surface area contributed by atoms with E-state index in [2.05, 4.69) is 10.4 Å². The zero-order chi connectivity index (χ0) is 14.0. The first-order valence-corrected chi connectivity index (χ1v) is 5.83. The van der Waals surface area contributed by atoms with Crippen LogP contribution in [-0.2, 0) is 0 Å². The summed E-state index contributed by atoms with van der Waals surface area (Å²) in [5, 5.41) is 9.39. The summed E-state index contributed by atoms with van der Waals surface area (Å²) in [4.78, 5) is 5.02. The Morgan fingerprint density at radius 3 is 2.63 bits per heavy atom. The highest BCUT2D eigenvalue weighted by Gasteiger charge is 2.46. The molecular formula is C11H15F3N4O. The van der Waals surface area contributed by atoms with Gasteiger partial charge < -0.3 is 10.5 Å². The zero-order valence-corrected chi connectivity index (χ0v) is 10.1. The highest BCUT2D eigenvalue weighted by Crippen LogP contribution is 2.39. The smallest absolute Gasteiger partial charge is 0.392 e. The van der Waals surface area contributed by atoms with Gasteiger partial charge in [0.1, 0.15) is 11.9 Å². The molecule has 0 bridgehead atoms. The fourth-order valence-corrected chi connectivity index (χ4v) is 2.26. The minimum atomic E-state index is -4.41. The number of aliphatic hydroxyl groups excluding tert-OH is 1. The van der Waals surface area contributed by atoms with Crippen molar-refractivity contribution in [2.75, 3.05) is 18.5 Å². The summed E-state index contributed by atoms with van der Waals surface area (Å²) < 4.78 is 39.5. The fraction of sp³-hybridized carbons (Fsp3) is 0.545. The van der Waals surface area contributed by atoms with Crippen LogP contribution in [0.5, 0.6) is 0 Å². The lowest BCUT2D eigenvalue weighted by atomic mass is 10.1. The van der Waals surface area contributed by atoms with Crippen LogP contribution in [-0.4, -0.2) is 40.4 Å². The van der Waals surface area contributed by atoms with E-state index >= 15 is 0 Å². The van der Waals surface area contributed by atoms with Gasteiger partial charge in [-0.1, -0.05) is 6.07 Å². The molecule has 0 amide bonds. The van der Waals surface area contributed by atoms with E-state index < -0.39 is 18.3 Å². The average molecular weight is 276 g/mol. The molecule has 0 unspecified atom stereocenters. The molecule has 2 rings (SSSR count). The Kier molecular flexibility index (Phi) is 3.93. The van der Waals surface area contributed by atoms with Gasteiger partial charge in [-0.3, -0.25) is 4.90 Å². The number of nitrogens with zero attached hydrogens (tertiary/aromatic N) is 2. The Bertz CT molecular complexity index is 423. The van der Waals surface area contributed by atoms with Crippen LogP contribution in [0.3, 0.4) is 0 Å². The highest BCUT2D eigenvalue weighted by molar-refractivity contribution is 5.35. The predicted octanol–water partition coefficient (Wildman–Crippen LogP) is 1.04. The van der Waals surface area contributed by atoms with Crippen LogP contribution in [0, 0.1) is 0 Å². The monoisotopic (exact) mass is 276 g/mol. The molecule has 0 radical (unpaired) electrons. The Balaban J connectivity index is 2.26. The number of aliphatic hydroxyl groups is 1. The molecule has 1 aromatic heterocycles. The second-order valence-electron chi connectivity index (χ2n) is 4.50. The summed E-state index contributed by atoms with van der Waals surface area (Å²) in [6.45, 7) is 0.225. The van der Waals surface area contributed by atoms with Crippen LogP contribution in [0.15, 0.2) is 18.3 Å². The molecule has 0 spiro atoms. The van der Waals surface area contributed by atoms with Crippen molar-refractivity contribution >= 4 is 5.82 Å². The normalized spacial score (nSPS) is 22.5. The van der Waals surface area contributed by atoms with Gasteiger partial charge in [0.05, 0.1) is 6.10 Å². The molecule has 2 heterocycles. The lowest BCUT2D eigenvalue weighted by Crippen LogP contribution is -2.37. The van der Waals surface area contributed by atoms with Crippen LogP contribution in [0.25, 0.3) is 0 Å². The number of rotatable bonds is 3. The topological polar surface area (TPSA) is 74.4 Å². The summed E-state index contributed by atoms with van der Waals surface area (Å²) in [6.07, 6.45) is -3.62.